The molecular weight excluding hydrogens is 402 g/mol. The lowest BCUT2D eigenvalue weighted by Gasteiger charge is -2.16. The van der Waals surface area contributed by atoms with Gasteiger partial charge in [0.05, 0.1) is 19.8 Å². The van der Waals surface area contributed by atoms with Gasteiger partial charge in [0.1, 0.15) is 19.3 Å². The molecule has 0 saturated carbocycles. The fraction of sp³-hybridized carbons (Fsp3) is 0.348. The van der Waals surface area contributed by atoms with E-state index < -0.39 is 12.1 Å². The number of carboxylic acids is 1. The summed E-state index contributed by atoms with van der Waals surface area (Å²) in [5, 5.41) is 22.2. The first-order valence-electron chi connectivity index (χ1n) is 9.85. The highest BCUT2D eigenvalue weighted by Crippen LogP contribution is 2.29. The van der Waals surface area contributed by atoms with Crippen molar-refractivity contribution < 1.29 is 34.0 Å². The van der Waals surface area contributed by atoms with Crippen LogP contribution in [0, 0.1) is 0 Å². The third-order valence-electron chi connectivity index (χ3n) is 4.30. The zero-order valence-electron chi connectivity index (χ0n) is 18.0. The third-order valence-corrected chi connectivity index (χ3v) is 4.30. The van der Waals surface area contributed by atoms with Crippen molar-refractivity contribution in [2.75, 3.05) is 40.5 Å². The molecule has 2 rings (SSSR count). The molecule has 0 saturated heterocycles. The van der Waals surface area contributed by atoms with Gasteiger partial charge in [0.2, 0.25) is 0 Å². The summed E-state index contributed by atoms with van der Waals surface area (Å²) >= 11 is 0. The summed E-state index contributed by atoms with van der Waals surface area (Å²) in [6, 6.07) is 10.0. The quantitative estimate of drug-likeness (QED) is 0.416. The summed E-state index contributed by atoms with van der Waals surface area (Å²) in [5.41, 5.74) is 1.13. The SMILES string of the molecule is C/C=C/c1ccc(OCC(O)CNCCOc2ccc(C(=O)O)cc2OC)c(OC)c1. The zero-order valence-corrected chi connectivity index (χ0v) is 18.0. The molecule has 8 heteroatoms. The maximum Gasteiger partial charge on any atom is 0.335 e. The largest absolute Gasteiger partial charge is 0.493 e. The molecule has 3 N–H and O–H groups in total. The van der Waals surface area contributed by atoms with Gasteiger partial charge in [-0.25, -0.2) is 4.79 Å². The van der Waals surface area contributed by atoms with Gasteiger partial charge in [-0.05, 0) is 42.8 Å². The summed E-state index contributed by atoms with van der Waals surface area (Å²) in [6.07, 6.45) is 3.18. The van der Waals surface area contributed by atoms with Crippen molar-refractivity contribution >= 4 is 12.0 Å². The number of ether oxygens (including phenoxy) is 4. The molecule has 168 valence electrons. The average Bonchev–Trinajstić information content (AvgIpc) is 2.77. The molecule has 0 heterocycles. The monoisotopic (exact) mass is 431 g/mol. The molecule has 1 unspecified atom stereocenters. The van der Waals surface area contributed by atoms with Gasteiger partial charge in [0.15, 0.2) is 23.0 Å². The predicted molar refractivity (Wildman–Crippen MR) is 118 cm³/mol. The van der Waals surface area contributed by atoms with Gasteiger partial charge in [-0.2, -0.15) is 0 Å². The van der Waals surface area contributed by atoms with Crippen LogP contribution in [0.4, 0.5) is 0 Å². The topological polar surface area (TPSA) is 106 Å². The first-order chi connectivity index (χ1) is 15.0. The molecule has 8 nitrogen and oxygen atoms in total. The van der Waals surface area contributed by atoms with Crippen molar-refractivity contribution in [2.45, 2.75) is 13.0 Å². The fourth-order valence-electron chi connectivity index (χ4n) is 2.77. The van der Waals surface area contributed by atoms with Crippen LogP contribution < -0.4 is 24.3 Å². The summed E-state index contributed by atoms with van der Waals surface area (Å²) < 4.78 is 21.8. The number of carboxylic acid groups (broad SMARTS) is 1. The van der Waals surface area contributed by atoms with Crippen molar-refractivity contribution in [2.24, 2.45) is 0 Å². The van der Waals surface area contributed by atoms with Crippen LogP contribution in [0.25, 0.3) is 6.08 Å². The number of methoxy groups -OCH3 is 2. The Hall–Kier alpha value is -3.23. The molecule has 0 aliphatic carbocycles. The Balaban J connectivity index is 1.73. The maximum absolute atomic E-state index is 11.0. The number of nitrogens with one attached hydrogen (secondary N) is 1. The number of aliphatic hydroxyl groups excluding tert-OH is 1. The molecule has 0 bridgehead atoms. The number of hydrogen-bond acceptors (Lipinski definition) is 7. The molecule has 1 atom stereocenters. The minimum Gasteiger partial charge on any atom is -0.493 e. The molecule has 2 aromatic carbocycles. The molecule has 0 aliphatic heterocycles. The van der Waals surface area contributed by atoms with Gasteiger partial charge in [-0.15, -0.1) is 0 Å². The van der Waals surface area contributed by atoms with Gasteiger partial charge >= 0.3 is 5.97 Å². The summed E-state index contributed by atoms with van der Waals surface area (Å²) in [7, 11) is 3.02. The minimum absolute atomic E-state index is 0.109. The van der Waals surface area contributed by atoms with E-state index in [1.165, 1.54) is 19.2 Å². The second-order valence-corrected chi connectivity index (χ2v) is 6.60. The Morgan fingerprint density at radius 1 is 1.03 bits per heavy atom. The van der Waals surface area contributed by atoms with Crippen LogP contribution in [0.1, 0.15) is 22.8 Å². The zero-order chi connectivity index (χ0) is 22.6. The molecule has 0 spiro atoms. The second-order valence-electron chi connectivity index (χ2n) is 6.60. The first kappa shape index (κ1) is 24.0. The second kappa shape index (κ2) is 12.5. The third kappa shape index (κ3) is 7.51. The number of carbonyl (C=O) groups is 1. The number of rotatable bonds is 13. The van der Waals surface area contributed by atoms with Crippen LogP contribution in [0.15, 0.2) is 42.5 Å². The van der Waals surface area contributed by atoms with Crippen LogP contribution in [0.3, 0.4) is 0 Å². The van der Waals surface area contributed by atoms with E-state index >= 15 is 0 Å². The van der Waals surface area contributed by atoms with Crippen molar-refractivity contribution in [1.29, 1.82) is 0 Å². The lowest BCUT2D eigenvalue weighted by Crippen LogP contribution is -2.33. The minimum atomic E-state index is -1.03. The Bertz CT molecular complexity index is 882. The molecule has 0 amide bonds. The van der Waals surface area contributed by atoms with E-state index in [-0.39, 0.29) is 12.2 Å². The molecular formula is C23H29NO7. The van der Waals surface area contributed by atoms with Gasteiger partial charge in [0.25, 0.3) is 0 Å². The van der Waals surface area contributed by atoms with Gasteiger partial charge in [0, 0.05) is 13.1 Å². The number of allylic oxidation sites excluding steroid dienone is 1. The molecule has 0 aromatic heterocycles. The highest BCUT2D eigenvalue weighted by Gasteiger charge is 2.11. The molecule has 0 fully saturated rings. The number of benzene rings is 2. The lowest BCUT2D eigenvalue weighted by molar-refractivity contribution is 0.0696. The number of aromatic carboxylic acids is 1. The van der Waals surface area contributed by atoms with Crippen LogP contribution in [0.2, 0.25) is 0 Å². The normalized spacial score (nSPS) is 11.9. The summed E-state index contributed by atoms with van der Waals surface area (Å²) in [4.78, 5) is 11.0. The van der Waals surface area contributed by atoms with Crippen LogP contribution in [-0.4, -0.2) is 62.8 Å². The molecule has 0 aliphatic rings. The van der Waals surface area contributed by atoms with Crippen molar-refractivity contribution in [3.8, 4) is 23.0 Å². The smallest absolute Gasteiger partial charge is 0.335 e. The standard InChI is InChI=1S/C23H29NO7/c1-4-5-16-6-8-20(21(12-16)28-2)31-15-18(25)14-24-10-11-30-19-9-7-17(23(26)27)13-22(19)29-3/h4-9,12-13,18,24-25H,10-11,14-15H2,1-3H3,(H,26,27)/b5-4+. The lowest BCUT2D eigenvalue weighted by atomic mass is 10.2. The molecule has 0 radical (unpaired) electrons. The Morgan fingerprint density at radius 3 is 2.39 bits per heavy atom. The van der Waals surface area contributed by atoms with Gasteiger partial charge in [-0.1, -0.05) is 18.2 Å². The summed E-state index contributed by atoms with van der Waals surface area (Å²) in [6.45, 7) is 3.16. The Labute approximate surface area is 182 Å². The van der Waals surface area contributed by atoms with Gasteiger partial charge < -0.3 is 34.5 Å². The molecule has 31 heavy (non-hydrogen) atoms. The Kier molecular flexibility index (Phi) is 9.67. The number of hydrogen-bond donors (Lipinski definition) is 3. The van der Waals surface area contributed by atoms with Crippen LogP contribution >= 0.6 is 0 Å². The van der Waals surface area contributed by atoms with Crippen molar-refractivity contribution in [1.82, 2.24) is 5.32 Å². The van der Waals surface area contributed by atoms with E-state index in [1.807, 2.05) is 37.3 Å². The fourth-order valence-corrected chi connectivity index (χ4v) is 2.77. The maximum atomic E-state index is 11.0. The predicted octanol–water partition coefficient (Wildman–Crippen LogP) is 2.84. The van der Waals surface area contributed by atoms with Crippen molar-refractivity contribution in [3.05, 3.63) is 53.6 Å². The van der Waals surface area contributed by atoms with E-state index in [9.17, 15) is 9.90 Å². The van der Waals surface area contributed by atoms with Gasteiger partial charge in [-0.3, -0.25) is 0 Å². The average molecular weight is 431 g/mol. The van der Waals surface area contributed by atoms with Crippen LogP contribution in [0.5, 0.6) is 23.0 Å². The van der Waals surface area contributed by atoms with E-state index in [4.69, 9.17) is 24.1 Å². The van der Waals surface area contributed by atoms with Crippen LogP contribution in [-0.2, 0) is 0 Å². The van der Waals surface area contributed by atoms with E-state index in [0.717, 1.165) is 5.56 Å². The van der Waals surface area contributed by atoms with E-state index in [0.29, 0.717) is 42.7 Å². The number of aliphatic hydroxyl groups is 1. The summed E-state index contributed by atoms with van der Waals surface area (Å²) in [5.74, 6) is 0.936. The highest BCUT2D eigenvalue weighted by molar-refractivity contribution is 5.88. The van der Waals surface area contributed by atoms with E-state index in [2.05, 4.69) is 5.32 Å². The highest BCUT2D eigenvalue weighted by atomic mass is 16.5. The van der Waals surface area contributed by atoms with Crippen molar-refractivity contribution in [3.63, 3.8) is 0 Å². The first-order valence-corrected chi connectivity index (χ1v) is 9.85. The van der Waals surface area contributed by atoms with E-state index in [1.54, 1.807) is 13.2 Å². The molecule has 2 aromatic rings. The Morgan fingerprint density at radius 2 is 1.71 bits per heavy atom.